The van der Waals surface area contributed by atoms with Crippen LogP contribution >= 0.6 is 0 Å². The lowest BCUT2D eigenvalue weighted by atomic mass is 9.99. The summed E-state index contributed by atoms with van der Waals surface area (Å²) in [5.41, 5.74) is 5.84. The number of carbonyl (C=O) groups is 4. The molecule has 9 heteroatoms. The Hall–Kier alpha value is -2.16. The Labute approximate surface area is 166 Å². The molecule has 0 saturated carbocycles. The molecule has 1 heterocycles. The van der Waals surface area contributed by atoms with Crippen molar-refractivity contribution in [2.24, 2.45) is 17.6 Å². The first-order valence-corrected chi connectivity index (χ1v) is 9.94. The van der Waals surface area contributed by atoms with E-state index in [9.17, 15) is 24.3 Å². The van der Waals surface area contributed by atoms with Crippen LogP contribution in [0.4, 0.5) is 0 Å². The lowest BCUT2D eigenvalue weighted by Crippen LogP contribution is -2.54. The number of nitrogens with one attached hydrogen (secondary N) is 2. The Balaban J connectivity index is 2.70. The van der Waals surface area contributed by atoms with Gasteiger partial charge in [0.05, 0.1) is 12.6 Å². The van der Waals surface area contributed by atoms with E-state index in [1.54, 1.807) is 0 Å². The van der Waals surface area contributed by atoms with Crippen molar-refractivity contribution >= 4 is 23.7 Å². The Morgan fingerprint density at radius 3 is 2.39 bits per heavy atom. The van der Waals surface area contributed by atoms with Crippen molar-refractivity contribution in [1.82, 2.24) is 15.5 Å². The molecule has 1 aliphatic heterocycles. The van der Waals surface area contributed by atoms with E-state index in [4.69, 9.17) is 5.73 Å². The molecule has 4 atom stereocenters. The summed E-state index contributed by atoms with van der Waals surface area (Å²) in [4.78, 5) is 49.8. The Morgan fingerprint density at radius 1 is 1.21 bits per heavy atom. The first-order valence-electron chi connectivity index (χ1n) is 9.94. The van der Waals surface area contributed by atoms with Crippen molar-refractivity contribution < 1.29 is 24.3 Å². The fourth-order valence-electron chi connectivity index (χ4n) is 3.22. The highest BCUT2D eigenvalue weighted by Gasteiger charge is 2.37. The van der Waals surface area contributed by atoms with E-state index < -0.39 is 41.8 Å². The molecule has 0 aromatic heterocycles. The van der Waals surface area contributed by atoms with Crippen LogP contribution in [0.3, 0.4) is 0 Å². The van der Waals surface area contributed by atoms with Gasteiger partial charge in [-0.1, -0.05) is 34.1 Å². The molecular weight excluding hydrogens is 364 g/mol. The summed E-state index contributed by atoms with van der Waals surface area (Å²) in [6, 6.07) is -2.38. The summed E-state index contributed by atoms with van der Waals surface area (Å²) < 4.78 is 0. The fourth-order valence-corrected chi connectivity index (χ4v) is 3.22. The van der Waals surface area contributed by atoms with Crippen LogP contribution in [-0.4, -0.2) is 64.9 Å². The number of amides is 3. The van der Waals surface area contributed by atoms with Crippen molar-refractivity contribution in [3.63, 3.8) is 0 Å². The summed E-state index contributed by atoms with van der Waals surface area (Å²) in [5, 5.41) is 14.4. The molecule has 1 aliphatic rings. The molecule has 0 spiro atoms. The van der Waals surface area contributed by atoms with Gasteiger partial charge < -0.3 is 26.4 Å². The molecule has 0 aromatic carbocycles. The van der Waals surface area contributed by atoms with Gasteiger partial charge in [-0.2, -0.15) is 0 Å². The third-order valence-corrected chi connectivity index (χ3v) is 5.14. The molecule has 4 unspecified atom stereocenters. The Kier molecular flexibility index (Phi) is 9.37. The third-order valence-electron chi connectivity index (χ3n) is 5.14. The zero-order chi connectivity index (χ0) is 21.4. The average molecular weight is 399 g/mol. The highest BCUT2D eigenvalue weighted by atomic mass is 16.4. The van der Waals surface area contributed by atoms with E-state index >= 15 is 0 Å². The second-order valence-electron chi connectivity index (χ2n) is 7.91. The van der Waals surface area contributed by atoms with Crippen LogP contribution in [0.5, 0.6) is 0 Å². The van der Waals surface area contributed by atoms with Crippen molar-refractivity contribution in [1.29, 1.82) is 0 Å². The largest absolute Gasteiger partial charge is 0.480 e. The number of likely N-dealkylation sites (tertiary alicyclic amines) is 1. The van der Waals surface area contributed by atoms with Crippen molar-refractivity contribution in [3.8, 4) is 0 Å². The van der Waals surface area contributed by atoms with Crippen molar-refractivity contribution in [3.05, 3.63) is 0 Å². The molecule has 1 fully saturated rings. The number of carboxylic acids is 1. The van der Waals surface area contributed by atoms with E-state index in [1.165, 1.54) is 4.90 Å². The fraction of sp³-hybridized carbons (Fsp3) is 0.789. The Bertz CT molecular complexity index is 581. The van der Waals surface area contributed by atoms with Crippen LogP contribution in [0.2, 0.25) is 0 Å². The first kappa shape index (κ1) is 23.9. The van der Waals surface area contributed by atoms with Crippen LogP contribution in [-0.2, 0) is 19.2 Å². The molecule has 5 N–H and O–H groups in total. The van der Waals surface area contributed by atoms with E-state index in [0.717, 1.165) is 6.42 Å². The molecule has 0 bridgehead atoms. The smallest absolute Gasteiger partial charge is 0.326 e. The number of carboxylic acid groups (broad SMARTS) is 1. The predicted molar refractivity (Wildman–Crippen MR) is 104 cm³/mol. The number of aliphatic carboxylic acids is 1. The number of nitrogens with zero attached hydrogens (tertiary/aromatic N) is 1. The number of rotatable bonds is 10. The molecule has 28 heavy (non-hydrogen) atoms. The molecule has 3 amide bonds. The van der Waals surface area contributed by atoms with Crippen LogP contribution < -0.4 is 16.4 Å². The van der Waals surface area contributed by atoms with E-state index in [1.807, 2.05) is 27.7 Å². The molecule has 0 radical (unpaired) electrons. The maximum Gasteiger partial charge on any atom is 0.326 e. The maximum absolute atomic E-state index is 12.8. The van der Waals surface area contributed by atoms with Gasteiger partial charge in [0.15, 0.2) is 0 Å². The second-order valence-corrected chi connectivity index (χ2v) is 7.91. The number of hydrogen-bond acceptors (Lipinski definition) is 5. The second kappa shape index (κ2) is 11.0. The summed E-state index contributed by atoms with van der Waals surface area (Å²) in [6.07, 6.45) is 2.15. The van der Waals surface area contributed by atoms with Gasteiger partial charge in [0.2, 0.25) is 17.7 Å². The predicted octanol–water partition coefficient (Wildman–Crippen LogP) is 0.0825. The minimum Gasteiger partial charge on any atom is -0.480 e. The number of carbonyl (C=O) groups excluding carboxylic acids is 3. The molecule has 1 saturated heterocycles. The zero-order valence-electron chi connectivity index (χ0n) is 17.2. The van der Waals surface area contributed by atoms with Crippen molar-refractivity contribution in [2.45, 2.75) is 71.5 Å². The van der Waals surface area contributed by atoms with Gasteiger partial charge in [0.1, 0.15) is 12.1 Å². The summed E-state index contributed by atoms with van der Waals surface area (Å²) in [5.74, 6) is -2.24. The lowest BCUT2D eigenvalue weighted by Gasteiger charge is -2.28. The monoisotopic (exact) mass is 398 g/mol. The van der Waals surface area contributed by atoms with Crippen LogP contribution in [0, 0.1) is 11.8 Å². The highest BCUT2D eigenvalue weighted by molar-refractivity contribution is 5.92. The zero-order valence-corrected chi connectivity index (χ0v) is 17.2. The van der Waals surface area contributed by atoms with E-state index in [0.29, 0.717) is 25.8 Å². The standard InChI is InChI=1S/C19H34N4O5/c1-5-12(4)16(20)17(25)21-10-15(24)22-13(9-11(2)3)18(26)23-8-6-7-14(23)19(27)28/h11-14,16H,5-10,20H2,1-4H3,(H,21,25)(H,22,24)(H,27,28). The molecule has 160 valence electrons. The first-order chi connectivity index (χ1) is 13.1. The third kappa shape index (κ3) is 6.78. The minimum atomic E-state index is -1.04. The van der Waals surface area contributed by atoms with Crippen molar-refractivity contribution in [2.75, 3.05) is 13.1 Å². The maximum atomic E-state index is 12.8. The minimum absolute atomic E-state index is 0.0125. The highest BCUT2D eigenvalue weighted by Crippen LogP contribution is 2.20. The van der Waals surface area contributed by atoms with Gasteiger partial charge in [-0.25, -0.2) is 4.79 Å². The molecular formula is C19H34N4O5. The normalized spacial score (nSPS) is 19.8. The van der Waals surface area contributed by atoms with Crippen LogP contribution in [0.15, 0.2) is 0 Å². The number of nitrogens with two attached hydrogens (primary N) is 1. The van der Waals surface area contributed by atoms with Crippen LogP contribution in [0.25, 0.3) is 0 Å². The topological polar surface area (TPSA) is 142 Å². The van der Waals surface area contributed by atoms with Gasteiger partial charge in [-0.3, -0.25) is 14.4 Å². The summed E-state index contributed by atoms with van der Waals surface area (Å²) in [6.45, 7) is 7.69. The van der Waals surface area contributed by atoms with Gasteiger partial charge in [0, 0.05) is 6.54 Å². The Morgan fingerprint density at radius 2 is 1.86 bits per heavy atom. The molecule has 9 nitrogen and oxygen atoms in total. The van der Waals surface area contributed by atoms with E-state index in [-0.39, 0.29) is 18.4 Å². The quantitative estimate of drug-likeness (QED) is 0.411. The van der Waals surface area contributed by atoms with Gasteiger partial charge in [-0.05, 0) is 31.1 Å². The molecule has 0 aliphatic carbocycles. The van der Waals surface area contributed by atoms with E-state index in [2.05, 4.69) is 10.6 Å². The number of hydrogen-bond donors (Lipinski definition) is 4. The molecule has 1 rings (SSSR count). The van der Waals surface area contributed by atoms with Gasteiger partial charge >= 0.3 is 5.97 Å². The molecule has 0 aromatic rings. The SMILES string of the molecule is CCC(C)C(N)C(=O)NCC(=O)NC(CC(C)C)C(=O)N1CCCC1C(=O)O. The van der Waals surface area contributed by atoms with Gasteiger partial charge in [0.25, 0.3) is 0 Å². The summed E-state index contributed by atoms with van der Waals surface area (Å²) in [7, 11) is 0. The lowest BCUT2D eigenvalue weighted by molar-refractivity contribution is -0.149. The van der Waals surface area contributed by atoms with Gasteiger partial charge in [-0.15, -0.1) is 0 Å². The van der Waals surface area contributed by atoms with Crippen LogP contribution in [0.1, 0.15) is 53.4 Å². The summed E-state index contributed by atoms with van der Waals surface area (Å²) >= 11 is 0. The average Bonchev–Trinajstić information content (AvgIpc) is 3.13.